The average molecular weight is 255 g/mol. The lowest BCUT2D eigenvalue weighted by atomic mass is 9.82. The Morgan fingerprint density at radius 2 is 1.50 bits per heavy atom. The third kappa shape index (κ3) is 7.38. The van der Waals surface area contributed by atoms with Gasteiger partial charge in [-0.15, -0.1) is 0 Å². The Hall–Kier alpha value is -0.0800. The maximum atomic E-state index is 9.25. The van der Waals surface area contributed by atoms with Gasteiger partial charge in [-0.3, -0.25) is 0 Å². The van der Waals surface area contributed by atoms with E-state index in [2.05, 4.69) is 18.9 Å². The summed E-state index contributed by atoms with van der Waals surface area (Å²) in [7, 11) is 2.23. The first-order valence-corrected chi connectivity index (χ1v) is 8.09. The van der Waals surface area contributed by atoms with Crippen LogP contribution >= 0.6 is 0 Å². The van der Waals surface area contributed by atoms with Crippen molar-refractivity contribution in [3.8, 4) is 0 Å². The molecule has 0 bridgehead atoms. The minimum absolute atomic E-state index is 0.00604. The van der Waals surface area contributed by atoms with Gasteiger partial charge in [-0.25, -0.2) is 0 Å². The number of aliphatic hydroxyl groups is 1. The Morgan fingerprint density at radius 1 is 0.944 bits per heavy atom. The minimum atomic E-state index is 0.00604. The number of hydrogen-bond donors (Lipinski definition) is 1. The van der Waals surface area contributed by atoms with Gasteiger partial charge in [0.15, 0.2) is 0 Å². The number of unbranched alkanes of at least 4 members (excludes halogenated alkanes) is 7. The molecule has 0 atom stereocenters. The second kappa shape index (κ2) is 9.80. The van der Waals surface area contributed by atoms with E-state index in [4.69, 9.17) is 0 Å². The van der Waals surface area contributed by atoms with Crippen molar-refractivity contribution in [2.75, 3.05) is 20.1 Å². The first-order valence-electron chi connectivity index (χ1n) is 8.09. The van der Waals surface area contributed by atoms with Gasteiger partial charge < -0.3 is 10.0 Å². The van der Waals surface area contributed by atoms with E-state index in [1.54, 1.807) is 0 Å². The molecule has 0 spiro atoms. The van der Waals surface area contributed by atoms with Gasteiger partial charge >= 0.3 is 0 Å². The highest BCUT2D eigenvalue weighted by molar-refractivity contribution is 4.80. The van der Waals surface area contributed by atoms with E-state index in [1.165, 1.54) is 64.5 Å². The van der Waals surface area contributed by atoms with Gasteiger partial charge in [0.2, 0.25) is 0 Å². The van der Waals surface area contributed by atoms with Crippen molar-refractivity contribution in [1.29, 1.82) is 0 Å². The normalized spacial score (nSPS) is 23.3. The molecule has 18 heavy (non-hydrogen) atoms. The summed E-state index contributed by atoms with van der Waals surface area (Å²) in [5.74, 6) is 0.763. The van der Waals surface area contributed by atoms with Gasteiger partial charge in [0.1, 0.15) is 0 Å². The Bertz CT molecular complexity index is 190. The predicted molar refractivity (Wildman–Crippen MR) is 78.8 cm³/mol. The Balaban J connectivity index is 1.79. The van der Waals surface area contributed by atoms with E-state index in [-0.39, 0.29) is 6.10 Å². The molecule has 1 N–H and O–H groups in total. The summed E-state index contributed by atoms with van der Waals surface area (Å²) < 4.78 is 0. The van der Waals surface area contributed by atoms with E-state index in [9.17, 15) is 5.11 Å². The molecule has 0 heterocycles. The Kier molecular flexibility index (Phi) is 8.70. The lowest BCUT2D eigenvalue weighted by molar-refractivity contribution is 0.0282. The van der Waals surface area contributed by atoms with Crippen LogP contribution in [0.3, 0.4) is 0 Å². The molecule has 0 unspecified atom stereocenters. The van der Waals surface area contributed by atoms with Gasteiger partial charge in [-0.2, -0.15) is 0 Å². The molecule has 2 heteroatoms. The maximum absolute atomic E-state index is 9.25. The van der Waals surface area contributed by atoms with Crippen LogP contribution in [-0.2, 0) is 0 Å². The van der Waals surface area contributed by atoms with Crippen LogP contribution in [0.5, 0.6) is 0 Å². The first-order chi connectivity index (χ1) is 8.72. The summed E-state index contributed by atoms with van der Waals surface area (Å²) in [6.07, 6.45) is 13.3. The predicted octanol–water partition coefficient (Wildman–Crippen LogP) is 3.83. The minimum Gasteiger partial charge on any atom is -0.393 e. The number of nitrogens with zero attached hydrogens (tertiary/aromatic N) is 1. The van der Waals surface area contributed by atoms with Crippen molar-refractivity contribution in [3.05, 3.63) is 0 Å². The molecule has 1 rings (SSSR count). The van der Waals surface area contributed by atoms with Gasteiger partial charge in [0, 0.05) is 6.54 Å². The number of rotatable bonds is 11. The molecule has 1 aliphatic carbocycles. The molecule has 0 aromatic heterocycles. The van der Waals surface area contributed by atoms with Crippen LogP contribution in [0, 0.1) is 5.92 Å². The third-order valence-electron chi connectivity index (χ3n) is 4.17. The summed E-state index contributed by atoms with van der Waals surface area (Å²) in [6, 6.07) is 0. The zero-order valence-electron chi connectivity index (χ0n) is 12.5. The quantitative estimate of drug-likeness (QED) is 0.567. The van der Waals surface area contributed by atoms with Crippen LogP contribution in [0.15, 0.2) is 0 Å². The summed E-state index contributed by atoms with van der Waals surface area (Å²) in [5, 5.41) is 9.25. The number of hydrogen-bond acceptors (Lipinski definition) is 2. The summed E-state index contributed by atoms with van der Waals surface area (Å²) in [6.45, 7) is 4.70. The van der Waals surface area contributed by atoms with Crippen LogP contribution in [0.1, 0.15) is 71.1 Å². The second-order valence-electron chi connectivity index (χ2n) is 6.23. The van der Waals surface area contributed by atoms with E-state index in [0.717, 1.165) is 18.8 Å². The molecule has 0 saturated heterocycles. The fourth-order valence-electron chi connectivity index (χ4n) is 2.90. The molecule has 1 saturated carbocycles. The van der Waals surface area contributed by atoms with Crippen LogP contribution in [0.2, 0.25) is 0 Å². The van der Waals surface area contributed by atoms with Gasteiger partial charge in [-0.1, -0.05) is 51.9 Å². The van der Waals surface area contributed by atoms with E-state index in [0.29, 0.717) is 0 Å². The van der Waals surface area contributed by atoms with Crippen molar-refractivity contribution in [3.63, 3.8) is 0 Å². The molecule has 108 valence electrons. The average Bonchev–Trinajstić information content (AvgIpc) is 2.30. The zero-order chi connectivity index (χ0) is 13.2. The zero-order valence-corrected chi connectivity index (χ0v) is 12.5. The molecule has 1 aliphatic rings. The molecular weight excluding hydrogens is 222 g/mol. The van der Waals surface area contributed by atoms with E-state index in [1.807, 2.05) is 0 Å². The van der Waals surface area contributed by atoms with Crippen molar-refractivity contribution < 1.29 is 5.11 Å². The lowest BCUT2D eigenvalue weighted by Gasteiger charge is -2.34. The smallest absolute Gasteiger partial charge is 0.0546 e. The standard InChI is InChI=1S/C16H33NO/c1-3-4-5-6-7-8-9-10-11-17(2)14-15-12-16(18)13-15/h15-16,18H,3-14H2,1-2H3. The second-order valence-corrected chi connectivity index (χ2v) is 6.23. The van der Waals surface area contributed by atoms with Gasteiger partial charge in [-0.05, 0) is 38.8 Å². The van der Waals surface area contributed by atoms with Crippen LogP contribution < -0.4 is 0 Å². The topological polar surface area (TPSA) is 23.5 Å². The summed E-state index contributed by atoms with van der Waals surface area (Å²) in [4.78, 5) is 2.45. The van der Waals surface area contributed by atoms with Crippen LogP contribution in [-0.4, -0.2) is 36.2 Å². The lowest BCUT2D eigenvalue weighted by Crippen LogP contribution is -2.37. The molecular formula is C16H33NO. The Labute approximate surface area is 114 Å². The van der Waals surface area contributed by atoms with Crippen molar-refractivity contribution in [2.45, 2.75) is 77.2 Å². The number of aliphatic hydroxyl groups excluding tert-OH is 1. The van der Waals surface area contributed by atoms with Crippen LogP contribution in [0.25, 0.3) is 0 Å². The highest BCUT2D eigenvalue weighted by Crippen LogP contribution is 2.27. The summed E-state index contributed by atoms with van der Waals surface area (Å²) in [5.41, 5.74) is 0. The molecule has 0 aliphatic heterocycles. The largest absolute Gasteiger partial charge is 0.393 e. The molecule has 0 aromatic rings. The van der Waals surface area contributed by atoms with Crippen molar-refractivity contribution in [1.82, 2.24) is 4.90 Å². The van der Waals surface area contributed by atoms with E-state index < -0.39 is 0 Å². The van der Waals surface area contributed by atoms with E-state index >= 15 is 0 Å². The fraction of sp³-hybridized carbons (Fsp3) is 1.00. The van der Waals surface area contributed by atoms with Crippen LogP contribution in [0.4, 0.5) is 0 Å². The molecule has 2 nitrogen and oxygen atoms in total. The third-order valence-corrected chi connectivity index (χ3v) is 4.17. The molecule has 0 amide bonds. The first kappa shape index (κ1) is 16.0. The highest BCUT2D eigenvalue weighted by Gasteiger charge is 2.27. The van der Waals surface area contributed by atoms with Gasteiger partial charge in [0.25, 0.3) is 0 Å². The monoisotopic (exact) mass is 255 g/mol. The molecule has 0 radical (unpaired) electrons. The molecule has 1 fully saturated rings. The summed E-state index contributed by atoms with van der Waals surface area (Å²) >= 11 is 0. The highest BCUT2D eigenvalue weighted by atomic mass is 16.3. The molecule has 0 aromatic carbocycles. The SMILES string of the molecule is CCCCCCCCCCN(C)CC1CC(O)C1. The van der Waals surface area contributed by atoms with Crippen molar-refractivity contribution >= 4 is 0 Å². The fourth-order valence-corrected chi connectivity index (χ4v) is 2.90. The van der Waals surface area contributed by atoms with Gasteiger partial charge in [0.05, 0.1) is 6.10 Å². The van der Waals surface area contributed by atoms with Crippen molar-refractivity contribution in [2.24, 2.45) is 5.92 Å². The maximum Gasteiger partial charge on any atom is 0.0546 e. The Morgan fingerprint density at radius 3 is 2.06 bits per heavy atom.